The first kappa shape index (κ1) is 83.2. The van der Waals surface area contributed by atoms with Crippen molar-refractivity contribution in [3.8, 4) is 92.2 Å². The number of anilines is 3. The highest BCUT2D eigenvalue weighted by atomic mass is 79.9. The van der Waals surface area contributed by atoms with Crippen molar-refractivity contribution in [2.75, 3.05) is 4.90 Å². The third-order valence-corrected chi connectivity index (χ3v) is 37.3. The van der Waals surface area contributed by atoms with Gasteiger partial charge in [0, 0.05) is 95.8 Å². The predicted molar refractivity (Wildman–Crippen MR) is 606 cm³/mol. The van der Waals surface area contributed by atoms with Gasteiger partial charge in [-0.3, -0.25) is 0 Å². The summed E-state index contributed by atoms with van der Waals surface area (Å²) in [6.45, 7) is 9.59. The molecule has 0 radical (unpaired) electrons. The van der Waals surface area contributed by atoms with E-state index in [-0.39, 0.29) is 22.2 Å². The van der Waals surface area contributed by atoms with Gasteiger partial charge in [0.05, 0.1) is 55.3 Å². The molecule has 32 rings (SSSR count). The van der Waals surface area contributed by atoms with Crippen LogP contribution in [-0.4, -0.2) is 13.7 Å². The number of benzene rings is 18. The zero-order chi connectivity index (χ0) is 94.6. The molecule has 0 bridgehead atoms. The zero-order valence-electron chi connectivity index (χ0n) is 78.8. The molecule has 0 saturated heterocycles. The number of thiophene rings is 4. The number of rotatable bonds is 7. The van der Waals surface area contributed by atoms with E-state index in [0.717, 1.165) is 22.3 Å². The van der Waals surface area contributed by atoms with Gasteiger partial charge < -0.3 is 18.6 Å². The average molecular weight is 1960 g/mol. The van der Waals surface area contributed by atoms with Crippen LogP contribution in [0.1, 0.15) is 128 Å². The molecule has 9 heteroatoms. The fraction of sp³-hybridized carbons (Fsp3) is 0.0746. The summed E-state index contributed by atoms with van der Waals surface area (Å²) >= 11 is 11.3. The second-order valence-electron chi connectivity index (χ2n) is 40.5. The first-order chi connectivity index (χ1) is 70.4. The first-order valence-corrected chi connectivity index (χ1v) is 53.8. The fourth-order valence-corrected chi connectivity index (χ4v) is 31.2. The van der Waals surface area contributed by atoms with E-state index in [9.17, 15) is 0 Å². The smallest absolute Gasteiger partial charge is 0.0771 e. The molecule has 6 aliphatic carbocycles. The van der Waals surface area contributed by atoms with Crippen molar-refractivity contribution in [2.45, 2.75) is 61.7 Å². The van der Waals surface area contributed by atoms with E-state index in [1.807, 2.05) is 45.3 Å². The van der Waals surface area contributed by atoms with Gasteiger partial charge in [0.15, 0.2) is 0 Å². The van der Waals surface area contributed by atoms with E-state index in [2.05, 4.69) is 508 Å². The largest absolute Gasteiger partial charge is 0.310 e. The van der Waals surface area contributed by atoms with Gasteiger partial charge >= 0.3 is 0 Å². The van der Waals surface area contributed by atoms with Gasteiger partial charge in [-0.05, 0) is 348 Å². The van der Waals surface area contributed by atoms with Crippen molar-refractivity contribution in [2.24, 2.45) is 0 Å². The highest BCUT2D eigenvalue weighted by molar-refractivity contribution is 9.10. The topological polar surface area (TPSA) is 18.0 Å². The van der Waals surface area contributed by atoms with E-state index < -0.39 is 5.41 Å². The number of nitrogens with zero attached hydrogens (tertiary/aromatic N) is 4. The second kappa shape index (κ2) is 31.2. The summed E-state index contributed by atoms with van der Waals surface area (Å²) in [5, 5.41) is 16.7. The van der Waals surface area contributed by atoms with Crippen LogP contribution >= 0.6 is 61.3 Å². The Morgan fingerprint density at radius 1 is 0.238 bits per heavy atom. The molecule has 1 aliphatic heterocycles. The SMILES string of the molecule is Brc1ccc2c(c1)-c1cc(-c3ccc4c(c3)c3ccccc3n4-c3ccccc3)ccc1C2c1ccccc1.CC1(C)c2ccccc2-c2cc3c(cc21)Cc1ccccc1C31c2ccsc2-c2sccc21.CC1(C)c2ccccc2-c2cc3c(cc21)N(c1ccc2c(c1)c1cc(-c4ccc5c(c4)c4ccccc4n5-c4ccccc4)ccc1n2-c1ccccc1)c1ccccc1C31c2ccsc2-c2sccc21. The van der Waals surface area contributed by atoms with Crippen molar-refractivity contribution >= 4 is 144 Å². The molecule has 0 amide bonds. The number of hydrogen-bond donors (Lipinski definition) is 0. The molecule has 0 N–H and O–H groups in total. The molecule has 1 unspecified atom stereocenters. The monoisotopic (exact) mass is 1960 g/mol. The van der Waals surface area contributed by atoms with E-state index in [0.29, 0.717) is 0 Å². The van der Waals surface area contributed by atoms with Crippen LogP contribution < -0.4 is 4.90 Å². The Kier molecular flexibility index (Phi) is 18.2. The summed E-state index contributed by atoms with van der Waals surface area (Å²) in [6, 6.07) is 159. The maximum absolute atomic E-state index is 3.73. The molecule has 25 aromatic rings. The van der Waals surface area contributed by atoms with Crippen molar-refractivity contribution < 1.29 is 0 Å². The molecule has 0 fully saturated rings. The minimum absolute atomic E-state index is 0.0296. The highest BCUT2D eigenvalue weighted by Gasteiger charge is 2.56. The van der Waals surface area contributed by atoms with Crippen LogP contribution in [0, 0.1) is 0 Å². The zero-order valence-corrected chi connectivity index (χ0v) is 83.7. The molecule has 7 aromatic heterocycles. The summed E-state index contributed by atoms with van der Waals surface area (Å²) in [6.07, 6.45) is 1.01. The molecule has 2 spiro atoms. The Morgan fingerprint density at radius 3 is 1.15 bits per heavy atom. The lowest BCUT2D eigenvalue weighted by Gasteiger charge is -2.45. The Morgan fingerprint density at radius 2 is 0.622 bits per heavy atom. The van der Waals surface area contributed by atoms with Crippen molar-refractivity contribution in [1.29, 1.82) is 0 Å². The van der Waals surface area contributed by atoms with Gasteiger partial charge in [-0.25, -0.2) is 0 Å². The molecule has 1 atom stereocenters. The summed E-state index contributed by atoms with van der Waals surface area (Å²) in [4.78, 5) is 8.32. The molecule has 18 aromatic carbocycles. The van der Waals surface area contributed by atoms with Crippen LogP contribution in [0.4, 0.5) is 17.1 Å². The maximum atomic E-state index is 3.73. The Bertz CT molecular complexity index is 9600. The normalized spacial score (nSPS) is 15.0. The number of halogens is 1. The van der Waals surface area contributed by atoms with Crippen molar-refractivity contribution in [3.05, 3.63) is 545 Å². The highest BCUT2D eigenvalue weighted by Crippen LogP contribution is 2.69. The molecular formula is C134H89BrN4S4. The molecule has 0 saturated carbocycles. The minimum atomic E-state index is -0.458. The Hall–Kier alpha value is -15.6. The van der Waals surface area contributed by atoms with Crippen molar-refractivity contribution in [3.63, 3.8) is 0 Å². The van der Waals surface area contributed by atoms with Gasteiger partial charge in [0.1, 0.15) is 0 Å². The lowest BCUT2D eigenvalue weighted by atomic mass is 9.61. The quantitative estimate of drug-likeness (QED) is 0.156. The van der Waals surface area contributed by atoms with Crippen LogP contribution in [0.2, 0.25) is 0 Å². The molecule has 4 nitrogen and oxygen atoms in total. The van der Waals surface area contributed by atoms with Gasteiger partial charge in [0.2, 0.25) is 0 Å². The van der Waals surface area contributed by atoms with Crippen LogP contribution in [0.3, 0.4) is 0 Å². The number of fused-ring (bicyclic) bond motifs is 36. The van der Waals surface area contributed by atoms with Crippen LogP contribution in [0.5, 0.6) is 0 Å². The summed E-state index contributed by atoms with van der Waals surface area (Å²) in [7, 11) is 0. The lowest BCUT2D eigenvalue weighted by Crippen LogP contribution is -2.36. The second-order valence-corrected chi connectivity index (χ2v) is 45.1. The molecule has 676 valence electrons. The summed E-state index contributed by atoms with van der Waals surface area (Å²) in [5.74, 6) is 0.254. The third-order valence-electron chi connectivity index (χ3n) is 32.8. The average Bonchev–Trinajstić information content (AvgIpc) is 1.56. The minimum Gasteiger partial charge on any atom is -0.310 e. The van der Waals surface area contributed by atoms with Gasteiger partial charge in [-0.2, -0.15) is 0 Å². The standard InChI is InChI=1S/C66H43N3S2.C37H24BrN.C31H22S2/c1-65(2)51-21-11-9-19-45(51)47-38-56-62(39-55(47)65)69(61-24-14-12-22-52(61)66(56)53-31-33-70-63(53)64-54(66)32-34-71-64)44-27-30-60-50(37-44)49-36-41(26-29-59(49)68(60)43-17-7-4-8-18-43)40-25-28-58-48(35-40)46-20-10-13-23-57(46)67(58)42-15-5-3-6-16-42;38-27-17-19-31-33(23-27)32-21-25(15-18-30(32)37(31)24-9-3-1-4-10-24)26-16-20-36-34(22-26)29-13-7-8-14-35(29)39(36)28-11-5-2-6-12-28;1-30(2)23-10-6-4-8-20(23)21-17-26-19(16-27(21)30)15-18-7-3-5-9-22(18)31(26)24-11-13-32-28(24)29-25(31)12-14-33-29/h3-39H,1-2H3;1-23,37H;3-14,16-17H,15H2,1-2H3. The van der Waals surface area contributed by atoms with E-state index in [1.54, 1.807) is 0 Å². The molecule has 143 heavy (non-hydrogen) atoms. The van der Waals surface area contributed by atoms with Crippen LogP contribution in [-0.2, 0) is 28.1 Å². The molecule has 7 aliphatic rings. The first-order valence-electron chi connectivity index (χ1n) is 49.5. The van der Waals surface area contributed by atoms with E-state index >= 15 is 0 Å². The van der Waals surface area contributed by atoms with E-state index in [1.165, 1.54) is 258 Å². The van der Waals surface area contributed by atoms with Gasteiger partial charge in [-0.15, -0.1) is 45.3 Å². The van der Waals surface area contributed by atoms with Crippen LogP contribution in [0.25, 0.3) is 158 Å². The predicted octanol–water partition coefficient (Wildman–Crippen LogP) is 36.9. The summed E-state index contributed by atoms with van der Waals surface area (Å²) in [5.41, 5.74) is 50.7. The fourth-order valence-electron chi connectivity index (χ4n) is 26.6. The Balaban J connectivity index is 0.000000111. The molecule has 8 heterocycles. The van der Waals surface area contributed by atoms with Crippen molar-refractivity contribution in [1.82, 2.24) is 13.7 Å². The number of aromatic nitrogens is 3. The van der Waals surface area contributed by atoms with Crippen LogP contribution in [0.15, 0.2) is 451 Å². The third kappa shape index (κ3) is 11.7. The molecular weight excluding hydrogens is 1870 g/mol. The van der Waals surface area contributed by atoms with Gasteiger partial charge in [-0.1, -0.05) is 298 Å². The summed E-state index contributed by atoms with van der Waals surface area (Å²) < 4.78 is 8.32. The van der Waals surface area contributed by atoms with E-state index in [4.69, 9.17) is 0 Å². The lowest BCUT2D eigenvalue weighted by molar-refractivity contribution is 0.655. The van der Waals surface area contributed by atoms with Gasteiger partial charge in [0.25, 0.3) is 0 Å². The maximum Gasteiger partial charge on any atom is 0.0771 e. The number of hydrogen-bond acceptors (Lipinski definition) is 5. The number of para-hydroxylation sites is 6. The Labute approximate surface area is 854 Å².